The van der Waals surface area contributed by atoms with Gasteiger partial charge in [0.15, 0.2) is 5.78 Å². The van der Waals surface area contributed by atoms with Crippen LogP contribution in [0.5, 0.6) is 0 Å². The molecule has 2 amide bonds. The summed E-state index contributed by atoms with van der Waals surface area (Å²) >= 11 is 11.7. The number of hydrogen-bond donors (Lipinski definition) is 0. The van der Waals surface area contributed by atoms with Crippen LogP contribution in [-0.4, -0.2) is 29.0 Å². The smallest absolute Gasteiger partial charge is 0.235 e. The van der Waals surface area contributed by atoms with Gasteiger partial charge < -0.3 is 0 Å². The van der Waals surface area contributed by atoms with E-state index in [4.69, 9.17) is 23.2 Å². The number of benzene rings is 1. The first-order valence-electron chi connectivity index (χ1n) is 6.05. The molecule has 20 heavy (non-hydrogen) atoms. The Labute approximate surface area is 126 Å². The average molecular weight is 314 g/mol. The fraction of sp³-hybridized carbons (Fsp3) is 0.357. The molecule has 0 aliphatic carbocycles. The van der Waals surface area contributed by atoms with E-state index < -0.39 is 5.41 Å². The SMILES string of the molecule is CC1(C)CC(=O)N(CC(=O)c2ccc(Cl)cc2Cl)C1=O. The quantitative estimate of drug-likeness (QED) is 0.637. The summed E-state index contributed by atoms with van der Waals surface area (Å²) in [6.45, 7) is 3.09. The van der Waals surface area contributed by atoms with Crippen LogP contribution in [0.1, 0.15) is 30.6 Å². The summed E-state index contributed by atoms with van der Waals surface area (Å²) in [5, 5.41) is 0.627. The number of rotatable bonds is 3. The summed E-state index contributed by atoms with van der Waals surface area (Å²) in [6, 6.07) is 4.48. The Balaban J connectivity index is 2.20. The van der Waals surface area contributed by atoms with Crippen LogP contribution in [0.15, 0.2) is 18.2 Å². The third-order valence-corrected chi connectivity index (χ3v) is 3.80. The number of nitrogens with zero attached hydrogens (tertiary/aromatic N) is 1. The zero-order chi connectivity index (χ0) is 15.1. The van der Waals surface area contributed by atoms with Crippen LogP contribution < -0.4 is 0 Å². The molecule has 2 rings (SSSR count). The molecule has 0 N–H and O–H groups in total. The molecule has 1 aliphatic heterocycles. The molecular weight excluding hydrogens is 301 g/mol. The first-order chi connectivity index (χ1) is 9.22. The topological polar surface area (TPSA) is 54.5 Å². The van der Waals surface area contributed by atoms with Gasteiger partial charge in [-0.05, 0) is 18.2 Å². The molecule has 0 aromatic heterocycles. The van der Waals surface area contributed by atoms with Crippen molar-refractivity contribution in [3.8, 4) is 0 Å². The minimum Gasteiger partial charge on any atom is -0.292 e. The predicted octanol–water partition coefficient (Wildman–Crippen LogP) is 2.96. The molecule has 1 aliphatic rings. The third-order valence-electron chi connectivity index (χ3n) is 3.25. The number of carbonyl (C=O) groups is 3. The molecule has 4 nitrogen and oxygen atoms in total. The van der Waals surface area contributed by atoms with E-state index in [2.05, 4.69) is 0 Å². The van der Waals surface area contributed by atoms with E-state index in [9.17, 15) is 14.4 Å². The Kier molecular flexibility index (Phi) is 3.89. The van der Waals surface area contributed by atoms with Gasteiger partial charge in [0, 0.05) is 17.0 Å². The molecule has 1 aromatic rings. The Bertz CT molecular complexity index is 610. The van der Waals surface area contributed by atoms with Gasteiger partial charge in [-0.2, -0.15) is 0 Å². The Hall–Kier alpha value is -1.39. The van der Waals surface area contributed by atoms with Crippen molar-refractivity contribution >= 4 is 40.8 Å². The highest BCUT2D eigenvalue weighted by atomic mass is 35.5. The summed E-state index contributed by atoms with van der Waals surface area (Å²) in [5.41, 5.74) is -0.498. The fourth-order valence-corrected chi connectivity index (χ4v) is 2.65. The van der Waals surface area contributed by atoms with Crippen molar-refractivity contribution in [1.29, 1.82) is 0 Å². The molecule has 0 bridgehead atoms. The highest BCUT2D eigenvalue weighted by Crippen LogP contribution is 2.32. The van der Waals surface area contributed by atoms with Crippen LogP contribution in [-0.2, 0) is 9.59 Å². The van der Waals surface area contributed by atoms with Crippen molar-refractivity contribution in [2.45, 2.75) is 20.3 Å². The van der Waals surface area contributed by atoms with Crippen LogP contribution in [0.2, 0.25) is 10.0 Å². The molecule has 0 radical (unpaired) electrons. The van der Waals surface area contributed by atoms with Gasteiger partial charge in [0.05, 0.1) is 17.0 Å². The predicted molar refractivity (Wildman–Crippen MR) is 75.9 cm³/mol. The first-order valence-corrected chi connectivity index (χ1v) is 6.81. The van der Waals surface area contributed by atoms with Gasteiger partial charge in [0.2, 0.25) is 11.8 Å². The summed E-state index contributed by atoms with van der Waals surface area (Å²) in [6.07, 6.45) is 0.119. The summed E-state index contributed by atoms with van der Waals surface area (Å²) in [5.74, 6) is -1.05. The number of Topliss-reactive ketones (excluding diaryl/α,β-unsaturated/α-hetero) is 1. The summed E-state index contributed by atoms with van der Waals surface area (Å²) < 4.78 is 0. The lowest BCUT2D eigenvalue weighted by molar-refractivity contribution is -0.140. The van der Waals surface area contributed by atoms with Crippen LogP contribution in [0, 0.1) is 5.41 Å². The highest BCUT2D eigenvalue weighted by Gasteiger charge is 2.45. The molecule has 1 fully saturated rings. The van der Waals surface area contributed by atoms with Crippen molar-refractivity contribution in [3.63, 3.8) is 0 Å². The second-order valence-electron chi connectivity index (χ2n) is 5.39. The fourth-order valence-electron chi connectivity index (χ4n) is 2.13. The van der Waals surface area contributed by atoms with Crippen molar-refractivity contribution in [1.82, 2.24) is 4.90 Å². The van der Waals surface area contributed by atoms with E-state index in [0.29, 0.717) is 5.02 Å². The second-order valence-corrected chi connectivity index (χ2v) is 6.24. The van der Waals surface area contributed by atoms with Gasteiger partial charge in [-0.15, -0.1) is 0 Å². The first kappa shape index (κ1) is 15.0. The number of amides is 2. The standard InChI is InChI=1S/C14H13Cl2NO3/c1-14(2)6-12(19)17(13(14)20)7-11(18)9-4-3-8(15)5-10(9)16/h3-5H,6-7H2,1-2H3. The lowest BCUT2D eigenvalue weighted by Crippen LogP contribution is -2.37. The zero-order valence-electron chi connectivity index (χ0n) is 11.1. The van der Waals surface area contributed by atoms with Crippen molar-refractivity contribution in [2.24, 2.45) is 5.41 Å². The van der Waals surface area contributed by atoms with Gasteiger partial charge in [-0.3, -0.25) is 19.3 Å². The molecule has 0 saturated carbocycles. The van der Waals surface area contributed by atoms with Gasteiger partial charge in [0.25, 0.3) is 0 Å². The van der Waals surface area contributed by atoms with Crippen LogP contribution in [0.3, 0.4) is 0 Å². The zero-order valence-corrected chi connectivity index (χ0v) is 12.6. The molecular formula is C14H13Cl2NO3. The highest BCUT2D eigenvalue weighted by molar-refractivity contribution is 6.37. The number of carbonyl (C=O) groups excluding carboxylic acids is 3. The monoisotopic (exact) mass is 313 g/mol. The van der Waals surface area contributed by atoms with E-state index >= 15 is 0 Å². The van der Waals surface area contributed by atoms with Crippen LogP contribution in [0.4, 0.5) is 0 Å². The van der Waals surface area contributed by atoms with E-state index in [1.165, 1.54) is 18.2 Å². The molecule has 1 heterocycles. The number of ketones is 1. The lowest BCUT2D eigenvalue weighted by Gasteiger charge is -2.17. The Morgan fingerprint density at radius 2 is 1.95 bits per heavy atom. The van der Waals surface area contributed by atoms with Gasteiger partial charge in [-0.25, -0.2) is 0 Å². The van der Waals surface area contributed by atoms with Crippen LogP contribution >= 0.6 is 23.2 Å². The van der Waals surface area contributed by atoms with Crippen molar-refractivity contribution in [3.05, 3.63) is 33.8 Å². The Morgan fingerprint density at radius 1 is 1.30 bits per heavy atom. The van der Waals surface area contributed by atoms with Crippen molar-refractivity contribution < 1.29 is 14.4 Å². The number of likely N-dealkylation sites (tertiary alicyclic amines) is 1. The maximum Gasteiger partial charge on any atom is 0.235 e. The molecule has 0 atom stereocenters. The van der Waals surface area contributed by atoms with Crippen LogP contribution in [0.25, 0.3) is 0 Å². The number of imide groups is 1. The maximum atomic E-state index is 12.2. The lowest BCUT2D eigenvalue weighted by atomic mass is 9.92. The number of hydrogen-bond acceptors (Lipinski definition) is 3. The summed E-state index contributed by atoms with van der Waals surface area (Å²) in [4.78, 5) is 37.0. The van der Waals surface area contributed by atoms with Crippen molar-refractivity contribution in [2.75, 3.05) is 6.54 Å². The average Bonchev–Trinajstić information content (AvgIpc) is 2.51. The van der Waals surface area contributed by atoms with E-state index in [1.54, 1.807) is 13.8 Å². The largest absolute Gasteiger partial charge is 0.292 e. The van der Waals surface area contributed by atoms with Gasteiger partial charge >= 0.3 is 0 Å². The van der Waals surface area contributed by atoms with E-state index in [0.717, 1.165) is 4.90 Å². The van der Waals surface area contributed by atoms with Gasteiger partial charge in [-0.1, -0.05) is 37.0 Å². The molecule has 1 saturated heterocycles. The normalized spacial score (nSPS) is 17.7. The molecule has 1 aromatic carbocycles. The van der Waals surface area contributed by atoms with E-state index in [-0.39, 0.29) is 41.1 Å². The van der Waals surface area contributed by atoms with Gasteiger partial charge in [0.1, 0.15) is 0 Å². The Morgan fingerprint density at radius 3 is 2.45 bits per heavy atom. The molecule has 0 unspecified atom stereocenters. The minimum absolute atomic E-state index is 0.119. The molecule has 106 valence electrons. The molecule has 0 spiro atoms. The maximum absolute atomic E-state index is 12.2. The second kappa shape index (κ2) is 5.19. The molecule has 6 heteroatoms. The van der Waals surface area contributed by atoms with E-state index in [1.807, 2.05) is 0 Å². The minimum atomic E-state index is -0.749. The number of halogens is 2. The third kappa shape index (κ3) is 2.72. The summed E-state index contributed by atoms with van der Waals surface area (Å²) in [7, 11) is 0.